The second-order valence-corrected chi connectivity index (χ2v) is 20.6. The molecular weight excluding hydrogens is 1000 g/mol. The van der Waals surface area contributed by atoms with Crippen LogP contribution < -0.4 is 9.47 Å². The molecule has 0 bridgehead atoms. The SMILES string of the molecule is CCCCn1c(-c2ccccc2)nc(C)c1CN(Cc1ccccc1)Cc1ccc2c(c1)OCO2.CCCCn1c(-c2ccccc2)nc(C)c1CO.CCCCn1cc(C)nc1-c1ccccc1.Cc1cnc(-c2ccccc2)[nH]1. The van der Waals surface area contributed by atoms with Crippen LogP contribution in [0.15, 0.2) is 182 Å². The summed E-state index contributed by atoms with van der Waals surface area (Å²) in [6.45, 7) is 20.6. The molecule has 0 atom stereocenters. The molecule has 0 aliphatic carbocycles. The molecule has 1 aliphatic rings. The monoisotopic (exact) mass is 1080 g/mol. The number of rotatable bonds is 20. The fourth-order valence-corrected chi connectivity index (χ4v) is 9.88. The lowest BCUT2D eigenvalue weighted by atomic mass is 10.1. The molecule has 0 fully saturated rings. The number of nitrogens with one attached hydrogen (secondary N) is 1. The van der Waals surface area contributed by atoms with Crippen LogP contribution in [0.1, 0.15) is 105 Å². The number of benzene rings is 6. The predicted molar refractivity (Wildman–Crippen MR) is 329 cm³/mol. The van der Waals surface area contributed by atoms with Crippen molar-refractivity contribution >= 4 is 0 Å². The van der Waals surface area contributed by atoms with Gasteiger partial charge in [0.1, 0.15) is 23.3 Å². The van der Waals surface area contributed by atoms with Gasteiger partial charge < -0.3 is 33.3 Å². The third-order valence-corrected chi connectivity index (χ3v) is 14.1. The lowest BCUT2D eigenvalue weighted by molar-refractivity contribution is 0.174. The number of aryl methyl sites for hydroxylation is 5. The molecule has 0 saturated carbocycles. The maximum absolute atomic E-state index is 9.50. The van der Waals surface area contributed by atoms with E-state index in [1.165, 1.54) is 40.8 Å². The quantitative estimate of drug-likeness (QED) is 0.0773. The van der Waals surface area contributed by atoms with Crippen molar-refractivity contribution in [2.45, 2.75) is 133 Å². The number of H-pyrrole nitrogens is 1. The largest absolute Gasteiger partial charge is 0.454 e. The van der Waals surface area contributed by atoms with Gasteiger partial charge in [-0.05, 0) is 70.2 Å². The van der Waals surface area contributed by atoms with Crippen molar-refractivity contribution in [1.29, 1.82) is 0 Å². The van der Waals surface area contributed by atoms with E-state index in [2.05, 4.69) is 189 Å². The minimum absolute atomic E-state index is 0.0510. The number of aromatic amines is 1. The average molecular weight is 1080 g/mol. The van der Waals surface area contributed by atoms with Crippen molar-refractivity contribution in [1.82, 2.24) is 43.5 Å². The summed E-state index contributed by atoms with van der Waals surface area (Å²) in [5.41, 5.74) is 13.5. The van der Waals surface area contributed by atoms with Gasteiger partial charge in [0.05, 0.1) is 35.1 Å². The minimum Gasteiger partial charge on any atom is -0.454 e. The van der Waals surface area contributed by atoms with Crippen LogP contribution in [0.2, 0.25) is 0 Å². The molecule has 12 nitrogen and oxygen atoms in total. The van der Waals surface area contributed by atoms with E-state index >= 15 is 0 Å². The maximum Gasteiger partial charge on any atom is 0.231 e. The lowest BCUT2D eigenvalue weighted by Gasteiger charge is -2.24. The van der Waals surface area contributed by atoms with Crippen LogP contribution in [0.4, 0.5) is 0 Å². The standard InChI is InChI=1S/C30H33N3O2.C15H20N2O.C14H18N2.C10H10N2/c1-3-4-17-33-27(23(2)31-30(33)26-13-9-6-10-14-26)21-32(19-24-11-7-5-8-12-24)20-25-15-16-28-29(18-25)35-22-34-28;1-3-4-10-17-14(11-18)12(2)16-15(17)13-8-6-5-7-9-13;1-3-4-10-16-11-12(2)15-14(16)13-8-6-5-7-9-13;1-8-7-11-10(12-8)9-5-3-2-4-6-9/h5-16,18H,3-4,17,19-22H2,1-2H3;5-9,18H,3-4,10-11H2,1-2H3;5-9,11H,3-4,10H2,1-2H3;2-7H,1H3,(H,11,12). The number of unbranched alkanes of at least 4 members (excludes halogenated alkanes) is 3. The number of aromatic nitrogens is 8. The zero-order chi connectivity index (χ0) is 56.8. The third-order valence-electron chi connectivity index (χ3n) is 14.1. The molecule has 1 aliphatic heterocycles. The van der Waals surface area contributed by atoms with Crippen molar-refractivity contribution in [3.63, 3.8) is 0 Å². The third kappa shape index (κ3) is 16.4. The van der Waals surface area contributed by atoms with Gasteiger partial charge in [-0.2, -0.15) is 0 Å². The second-order valence-electron chi connectivity index (χ2n) is 20.6. The van der Waals surface area contributed by atoms with Crippen LogP contribution in [0.5, 0.6) is 11.5 Å². The van der Waals surface area contributed by atoms with E-state index in [0.717, 1.165) is 139 Å². The van der Waals surface area contributed by atoms with Crippen molar-refractivity contribution in [2.24, 2.45) is 0 Å². The molecule has 0 spiro atoms. The van der Waals surface area contributed by atoms with E-state index < -0.39 is 0 Å². The smallest absolute Gasteiger partial charge is 0.231 e. The Bertz CT molecular complexity index is 3420. The highest BCUT2D eigenvalue weighted by atomic mass is 16.7. The van der Waals surface area contributed by atoms with E-state index in [0.29, 0.717) is 6.79 Å². The molecule has 6 aromatic carbocycles. The van der Waals surface area contributed by atoms with Crippen LogP contribution in [0.3, 0.4) is 0 Å². The Labute approximate surface area is 480 Å². The number of imidazole rings is 4. The Kier molecular flexibility index (Phi) is 22.0. The lowest BCUT2D eigenvalue weighted by Crippen LogP contribution is -2.24. The highest BCUT2D eigenvalue weighted by molar-refractivity contribution is 5.59. The number of fused-ring (bicyclic) bond motifs is 1. The van der Waals surface area contributed by atoms with E-state index in [-0.39, 0.29) is 6.61 Å². The molecule has 81 heavy (non-hydrogen) atoms. The first-order valence-corrected chi connectivity index (χ1v) is 28.8. The molecule has 0 radical (unpaired) electrons. The Morgan fingerprint density at radius 1 is 0.506 bits per heavy atom. The first-order chi connectivity index (χ1) is 39.7. The summed E-state index contributed by atoms with van der Waals surface area (Å²) in [6.07, 6.45) is 10.9. The van der Waals surface area contributed by atoms with Crippen molar-refractivity contribution in [3.8, 4) is 57.1 Å². The van der Waals surface area contributed by atoms with Crippen LogP contribution >= 0.6 is 0 Å². The van der Waals surface area contributed by atoms with E-state index in [9.17, 15) is 5.11 Å². The Balaban J connectivity index is 0.000000156. The summed E-state index contributed by atoms with van der Waals surface area (Å²) in [6, 6.07) is 58.1. The van der Waals surface area contributed by atoms with Gasteiger partial charge >= 0.3 is 0 Å². The minimum atomic E-state index is 0.0510. The predicted octanol–water partition coefficient (Wildman–Crippen LogP) is 15.8. The van der Waals surface area contributed by atoms with Gasteiger partial charge in [-0.25, -0.2) is 19.9 Å². The summed E-state index contributed by atoms with van der Waals surface area (Å²) in [4.78, 5) is 24.2. The Hall–Kier alpha value is -8.32. The van der Waals surface area contributed by atoms with Crippen LogP contribution in [0.25, 0.3) is 45.6 Å². The topological polar surface area (TPSA) is 124 Å². The maximum atomic E-state index is 9.50. The van der Waals surface area contributed by atoms with E-state index in [1.807, 2.05) is 80.7 Å². The van der Waals surface area contributed by atoms with Gasteiger partial charge in [0.2, 0.25) is 6.79 Å². The summed E-state index contributed by atoms with van der Waals surface area (Å²) < 4.78 is 18.0. The van der Waals surface area contributed by atoms with Gasteiger partial charge in [0.25, 0.3) is 0 Å². The Morgan fingerprint density at radius 2 is 0.988 bits per heavy atom. The van der Waals surface area contributed by atoms with Gasteiger partial charge in [-0.1, -0.05) is 198 Å². The molecule has 2 N–H and O–H groups in total. The number of hydrogen-bond acceptors (Lipinski definition) is 8. The molecule has 0 unspecified atom stereocenters. The van der Waals surface area contributed by atoms with Gasteiger partial charge in [-0.3, -0.25) is 4.90 Å². The van der Waals surface area contributed by atoms with Crippen molar-refractivity contribution in [3.05, 3.63) is 228 Å². The number of aliphatic hydroxyl groups excluding tert-OH is 1. The Morgan fingerprint density at radius 3 is 1.52 bits per heavy atom. The molecule has 4 aromatic heterocycles. The fourth-order valence-electron chi connectivity index (χ4n) is 9.88. The average Bonchev–Trinajstić information content (AvgIpc) is 4.41. The van der Waals surface area contributed by atoms with Gasteiger partial charge in [-0.15, -0.1) is 0 Å². The summed E-state index contributed by atoms with van der Waals surface area (Å²) in [5, 5.41) is 9.50. The highest BCUT2D eigenvalue weighted by Gasteiger charge is 2.21. The molecule has 5 heterocycles. The zero-order valence-corrected chi connectivity index (χ0v) is 48.6. The van der Waals surface area contributed by atoms with Crippen LogP contribution in [-0.4, -0.2) is 55.4 Å². The summed E-state index contributed by atoms with van der Waals surface area (Å²) >= 11 is 0. The van der Waals surface area contributed by atoms with Crippen molar-refractivity contribution in [2.75, 3.05) is 6.79 Å². The molecule has 11 rings (SSSR count). The van der Waals surface area contributed by atoms with Crippen LogP contribution in [-0.2, 0) is 45.9 Å². The number of hydrogen-bond donors (Lipinski definition) is 2. The molecule has 0 saturated heterocycles. The van der Waals surface area contributed by atoms with Crippen LogP contribution in [0, 0.1) is 27.7 Å². The van der Waals surface area contributed by atoms with Gasteiger partial charge in [0.15, 0.2) is 11.5 Å². The molecule has 10 aromatic rings. The molecule has 12 heteroatoms. The molecule has 420 valence electrons. The first kappa shape index (κ1) is 58.8. The van der Waals surface area contributed by atoms with E-state index in [1.54, 1.807) is 0 Å². The number of ether oxygens (including phenoxy) is 2. The highest BCUT2D eigenvalue weighted by Crippen LogP contribution is 2.34. The number of nitrogens with zero attached hydrogens (tertiary/aromatic N) is 8. The van der Waals surface area contributed by atoms with Crippen molar-refractivity contribution < 1.29 is 14.6 Å². The number of aliphatic hydroxyl groups is 1. The molecule has 0 amide bonds. The summed E-state index contributed by atoms with van der Waals surface area (Å²) in [5.74, 6) is 5.71. The first-order valence-electron chi connectivity index (χ1n) is 28.8. The second kappa shape index (κ2) is 30.3. The van der Waals surface area contributed by atoms with Gasteiger partial charge in [0, 0.05) is 79.6 Å². The zero-order valence-electron chi connectivity index (χ0n) is 48.6. The summed E-state index contributed by atoms with van der Waals surface area (Å²) in [7, 11) is 0. The normalized spacial score (nSPS) is 11.4. The fraction of sp³-hybridized carbons (Fsp3) is 0.304. The molecular formula is C69H81N9O3. The van der Waals surface area contributed by atoms with E-state index in [4.69, 9.17) is 14.5 Å².